The highest BCUT2D eigenvalue weighted by Gasteiger charge is 2.07. The third-order valence-corrected chi connectivity index (χ3v) is 4.37. The number of carbonyl (C=O) groups is 4. The molecule has 0 fully saturated rings. The van der Waals surface area contributed by atoms with Gasteiger partial charge < -0.3 is 25.7 Å². The van der Waals surface area contributed by atoms with Crippen molar-refractivity contribution in [1.82, 2.24) is 5.32 Å². The number of rotatable bonds is 12. The van der Waals surface area contributed by atoms with Gasteiger partial charge in [-0.15, -0.1) is 12.8 Å². The highest BCUT2D eigenvalue weighted by molar-refractivity contribution is 5.85. The van der Waals surface area contributed by atoms with Crippen LogP contribution >= 0.6 is 0 Å². The number of Topliss-reactive ketones (excluding diaryl/α,β-unsaturated/α-hetero) is 1. The van der Waals surface area contributed by atoms with Gasteiger partial charge in [-0.2, -0.15) is 0 Å². The Bertz CT molecular complexity index is 816. The van der Waals surface area contributed by atoms with Crippen LogP contribution < -0.4 is 15.8 Å². The number of allylic oxidation sites excluding steroid dienone is 1. The van der Waals surface area contributed by atoms with E-state index in [1.165, 1.54) is 13.3 Å². The Morgan fingerprint density at radius 3 is 2.11 bits per heavy atom. The summed E-state index contributed by atoms with van der Waals surface area (Å²) < 4.78 is 5.52. The molecular weight excluding hydrogens is 484 g/mol. The standard InChI is InChI=1S/C17H23NO3.C5H12.C4H7NO3.C2H6.C2H2/c1-4-5-6-8-15-9-7-10-16(14(15)3)21-12-17(20)18-11-13(2)19;1-4-5(2)3;5-3(2-6)1-4(7)8;2*1-2/h6-10H,4-5,11-12H2,1-3H3,(H,18,20);5H,4H2,1-3H3;2-3H,1,5H2,(H,7,8);1-2H3;1-2H/b8-6-;;;;/t;;3-;;/m..0../s1. The van der Waals surface area contributed by atoms with Crippen molar-refractivity contribution in [2.45, 2.75) is 87.1 Å². The molecule has 1 aromatic rings. The molecule has 1 aromatic carbocycles. The number of aliphatic carboxylic acids is 1. The van der Waals surface area contributed by atoms with Crippen LogP contribution in [-0.2, 0) is 19.2 Å². The lowest BCUT2D eigenvalue weighted by Crippen LogP contribution is -2.32. The van der Waals surface area contributed by atoms with Gasteiger partial charge in [0.1, 0.15) is 17.8 Å². The fourth-order valence-corrected chi connectivity index (χ4v) is 2.01. The molecule has 0 heterocycles. The lowest BCUT2D eigenvalue weighted by atomic mass is 10.1. The second kappa shape index (κ2) is 29.8. The fourth-order valence-electron chi connectivity index (χ4n) is 2.01. The van der Waals surface area contributed by atoms with Gasteiger partial charge in [0, 0.05) is 0 Å². The molecule has 8 nitrogen and oxygen atoms in total. The van der Waals surface area contributed by atoms with Crippen molar-refractivity contribution in [2.24, 2.45) is 11.7 Å². The van der Waals surface area contributed by atoms with Crippen LogP contribution in [0.4, 0.5) is 0 Å². The zero-order chi connectivity index (χ0) is 30.5. The van der Waals surface area contributed by atoms with E-state index in [1.54, 1.807) is 0 Å². The summed E-state index contributed by atoms with van der Waals surface area (Å²) in [5.41, 5.74) is 7.02. The number of aldehydes is 1. The number of carbonyl (C=O) groups excluding carboxylic acids is 3. The molecule has 216 valence electrons. The number of carboxylic acid groups (broad SMARTS) is 1. The lowest BCUT2D eigenvalue weighted by Gasteiger charge is -2.11. The van der Waals surface area contributed by atoms with Crippen molar-refractivity contribution >= 4 is 30.0 Å². The van der Waals surface area contributed by atoms with Crippen LogP contribution in [-0.4, -0.2) is 48.2 Å². The molecule has 0 radical (unpaired) electrons. The van der Waals surface area contributed by atoms with E-state index in [4.69, 9.17) is 15.6 Å². The molecule has 4 N–H and O–H groups in total. The number of ketones is 1. The van der Waals surface area contributed by atoms with Gasteiger partial charge in [-0.25, -0.2) is 0 Å². The number of terminal acetylenes is 1. The Hall–Kier alpha value is -3.44. The van der Waals surface area contributed by atoms with Crippen molar-refractivity contribution in [2.75, 3.05) is 13.2 Å². The van der Waals surface area contributed by atoms with Crippen LogP contribution in [0, 0.1) is 25.7 Å². The van der Waals surface area contributed by atoms with Crippen molar-refractivity contribution in [1.29, 1.82) is 0 Å². The van der Waals surface area contributed by atoms with Gasteiger partial charge in [0.05, 0.1) is 19.0 Å². The summed E-state index contributed by atoms with van der Waals surface area (Å²) in [4.78, 5) is 41.7. The number of hydrogen-bond donors (Lipinski definition) is 3. The first-order valence-corrected chi connectivity index (χ1v) is 12.9. The van der Waals surface area contributed by atoms with Crippen LogP contribution in [0.1, 0.15) is 85.3 Å². The predicted molar refractivity (Wildman–Crippen MR) is 157 cm³/mol. The Balaban J connectivity index is -0.000000280. The second-order valence-electron chi connectivity index (χ2n) is 8.13. The molecule has 38 heavy (non-hydrogen) atoms. The van der Waals surface area contributed by atoms with Crippen LogP contribution in [0.3, 0.4) is 0 Å². The lowest BCUT2D eigenvalue weighted by molar-refractivity contribution is -0.138. The van der Waals surface area contributed by atoms with Gasteiger partial charge in [0.2, 0.25) is 0 Å². The number of ether oxygens (including phenoxy) is 1. The SMILES string of the molecule is C#C.CC.CCC(C)C.CCC/C=C\c1cccc(OCC(=O)NCC(C)=O)c1C.N[C@H](C=O)CC(=O)O. The Morgan fingerprint density at radius 2 is 1.71 bits per heavy atom. The monoisotopic (exact) mass is 534 g/mol. The first kappa shape index (κ1) is 41.7. The molecule has 0 aliphatic carbocycles. The van der Waals surface area contributed by atoms with Crippen LogP contribution in [0.2, 0.25) is 0 Å². The number of carboxylic acids is 1. The zero-order valence-electron chi connectivity index (χ0n) is 24.6. The van der Waals surface area contributed by atoms with Crippen LogP contribution in [0.15, 0.2) is 24.3 Å². The van der Waals surface area contributed by atoms with Gasteiger partial charge in [-0.05, 0) is 43.4 Å². The molecular formula is C30H50N2O6. The average Bonchev–Trinajstić information content (AvgIpc) is 2.90. The maximum atomic E-state index is 11.5. The maximum absolute atomic E-state index is 11.5. The molecule has 1 amide bonds. The topological polar surface area (TPSA) is 136 Å². The number of nitrogens with one attached hydrogen (secondary N) is 1. The highest BCUT2D eigenvalue weighted by atomic mass is 16.5. The van der Waals surface area contributed by atoms with Crippen LogP contribution in [0.25, 0.3) is 6.08 Å². The molecule has 0 aromatic heterocycles. The first-order valence-electron chi connectivity index (χ1n) is 12.9. The minimum absolute atomic E-state index is 0.0426. The second-order valence-corrected chi connectivity index (χ2v) is 8.13. The molecule has 0 aliphatic rings. The van der Waals surface area contributed by atoms with Crippen molar-refractivity contribution < 1.29 is 29.0 Å². The molecule has 0 spiro atoms. The summed E-state index contributed by atoms with van der Waals surface area (Å²) >= 11 is 0. The zero-order valence-corrected chi connectivity index (χ0v) is 24.6. The summed E-state index contributed by atoms with van der Waals surface area (Å²) in [5, 5.41) is 10.5. The highest BCUT2D eigenvalue weighted by Crippen LogP contribution is 2.22. The molecule has 0 bridgehead atoms. The third-order valence-electron chi connectivity index (χ3n) is 4.37. The first-order chi connectivity index (χ1) is 18.0. The van der Waals surface area contributed by atoms with E-state index < -0.39 is 12.0 Å². The van der Waals surface area contributed by atoms with Gasteiger partial charge in [0.25, 0.3) is 5.91 Å². The van der Waals surface area contributed by atoms with Crippen LogP contribution in [0.5, 0.6) is 5.75 Å². The van der Waals surface area contributed by atoms with E-state index in [2.05, 4.69) is 58.0 Å². The fraction of sp³-hybridized carbons (Fsp3) is 0.533. The minimum Gasteiger partial charge on any atom is -0.483 e. The quantitative estimate of drug-likeness (QED) is 0.247. The Labute approximate surface area is 230 Å². The summed E-state index contributed by atoms with van der Waals surface area (Å²) in [7, 11) is 0. The maximum Gasteiger partial charge on any atom is 0.305 e. The van der Waals surface area contributed by atoms with Gasteiger partial charge >= 0.3 is 5.97 Å². The van der Waals surface area contributed by atoms with Crippen molar-refractivity contribution in [3.63, 3.8) is 0 Å². The van der Waals surface area contributed by atoms with E-state index in [0.717, 1.165) is 29.9 Å². The molecule has 0 aliphatic heterocycles. The van der Waals surface area contributed by atoms with Gasteiger partial charge in [-0.3, -0.25) is 14.4 Å². The van der Waals surface area contributed by atoms with Gasteiger partial charge in [-0.1, -0.05) is 78.7 Å². The molecule has 0 saturated carbocycles. The van der Waals surface area contributed by atoms with E-state index in [9.17, 15) is 19.2 Å². The van der Waals surface area contributed by atoms with Gasteiger partial charge in [0.15, 0.2) is 6.61 Å². The molecule has 0 unspecified atom stereocenters. The summed E-state index contributed by atoms with van der Waals surface area (Å²) in [6, 6.07) is 4.91. The predicted octanol–water partition coefficient (Wildman–Crippen LogP) is 5.21. The summed E-state index contributed by atoms with van der Waals surface area (Å²) in [6.45, 7) is 16.1. The number of unbranched alkanes of at least 4 members (excludes halogenated alkanes) is 1. The van der Waals surface area contributed by atoms with E-state index in [-0.39, 0.29) is 31.3 Å². The average molecular weight is 535 g/mol. The number of amides is 1. The minimum atomic E-state index is -1.05. The number of nitrogens with two attached hydrogens (primary N) is 1. The van der Waals surface area contributed by atoms with Crippen molar-refractivity contribution in [3.8, 4) is 18.6 Å². The van der Waals surface area contributed by atoms with Crippen molar-refractivity contribution in [3.05, 3.63) is 35.4 Å². The number of benzene rings is 1. The molecule has 8 heteroatoms. The van der Waals surface area contributed by atoms with E-state index in [1.807, 2.05) is 39.0 Å². The smallest absolute Gasteiger partial charge is 0.305 e. The normalized spacial score (nSPS) is 10.0. The van der Waals surface area contributed by atoms with E-state index in [0.29, 0.717) is 12.0 Å². The Morgan fingerprint density at radius 1 is 1.16 bits per heavy atom. The Kier molecular flexibility index (Phi) is 32.7. The largest absolute Gasteiger partial charge is 0.483 e. The summed E-state index contributed by atoms with van der Waals surface area (Å²) in [5.74, 6) is 0.144. The molecule has 1 rings (SSSR count). The number of hydrogen-bond acceptors (Lipinski definition) is 6. The molecule has 1 atom stereocenters. The third kappa shape index (κ3) is 28.8. The van der Waals surface area contributed by atoms with E-state index >= 15 is 0 Å². The summed E-state index contributed by atoms with van der Waals surface area (Å²) in [6.07, 6.45) is 15.8. The molecule has 0 saturated heterocycles.